The van der Waals surface area contributed by atoms with Gasteiger partial charge >= 0.3 is 0 Å². The lowest BCUT2D eigenvalue weighted by atomic mass is 9.95. The molecular weight excluding hydrogens is 456 g/mol. The van der Waals surface area contributed by atoms with Crippen molar-refractivity contribution in [2.24, 2.45) is 0 Å². The molecule has 0 radical (unpaired) electrons. The second-order valence-corrected chi connectivity index (χ2v) is 9.93. The average molecular weight is 489 g/mol. The summed E-state index contributed by atoms with van der Waals surface area (Å²) >= 11 is 7.57. The Kier molecular flexibility index (Phi) is 9.95. The summed E-state index contributed by atoms with van der Waals surface area (Å²) in [7, 11) is 1.64. The smallest absolute Gasteiger partial charge is 0.242 e. The zero-order valence-corrected chi connectivity index (χ0v) is 21.0. The fourth-order valence-electron chi connectivity index (χ4n) is 4.00. The number of amides is 2. The standard InChI is InChI=1S/C26H33ClN2O3S/c1-19(26(31)28-23-6-4-3-5-7-23)29(16-20-8-12-22(27)13-9-20)25(30)18-33-17-21-10-14-24(32-2)15-11-21/h8-15,19,23H,3-7,16-18H2,1-2H3,(H,28,31). The van der Waals surface area contributed by atoms with Crippen molar-refractivity contribution in [3.8, 4) is 5.75 Å². The molecule has 0 heterocycles. The molecule has 2 amide bonds. The molecule has 33 heavy (non-hydrogen) atoms. The molecule has 178 valence electrons. The Hall–Kier alpha value is -2.18. The second-order valence-electron chi connectivity index (χ2n) is 8.51. The van der Waals surface area contributed by atoms with Gasteiger partial charge in [0.2, 0.25) is 11.8 Å². The number of nitrogens with zero attached hydrogens (tertiary/aromatic N) is 1. The number of halogens is 1. The summed E-state index contributed by atoms with van der Waals surface area (Å²) in [6, 6.07) is 14.9. The number of thioether (sulfide) groups is 1. The molecule has 0 bridgehead atoms. The number of hydrogen-bond donors (Lipinski definition) is 1. The number of nitrogens with one attached hydrogen (secondary N) is 1. The van der Waals surface area contributed by atoms with Gasteiger partial charge in [-0.3, -0.25) is 9.59 Å². The Morgan fingerprint density at radius 2 is 1.70 bits per heavy atom. The number of carbonyl (C=O) groups is 2. The maximum Gasteiger partial charge on any atom is 0.242 e. The van der Waals surface area contributed by atoms with Crippen molar-refractivity contribution < 1.29 is 14.3 Å². The summed E-state index contributed by atoms with van der Waals surface area (Å²) < 4.78 is 5.20. The highest BCUT2D eigenvalue weighted by molar-refractivity contribution is 7.99. The molecule has 0 aliphatic heterocycles. The van der Waals surface area contributed by atoms with Gasteiger partial charge in [-0.05, 0) is 55.2 Å². The third-order valence-corrected chi connectivity index (χ3v) is 7.28. The Labute approximate surface area is 206 Å². The molecule has 2 aromatic rings. The fraction of sp³-hybridized carbons (Fsp3) is 0.462. The molecule has 1 atom stereocenters. The topological polar surface area (TPSA) is 58.6 Å². The van der Waals surface area contributed by atoms with E-state index in [9.17, 15) is 9.59 Å². The fourth-order valence-corrected chi connectivity index (χ4v) is 5.00. The van der Waals surface area contributed by atoms with Gasteiger partial charge < -0.3 is 15.0 Å². The monoisotopic (exact) mass is 488 g/mol. The van der Waals surface area contributed by atoms with Crippen LogP contribution in [-0.4, -0.2) is 41.7 Å². The first kappa shape index (κ1) is 25.4. The Morgan fingerprint density at radius 1 is 1.06 bits per heavy atom. The van der Waals surface area contributed by atoms with Crippen molar-refractivity contribution in [1.29, 1.82) is 0 Å². The zero-order valence-electron chi connectivity index (χ0n) is 19.4. The predicted molar refractivity (Wildman–Crippen MR) is 136 cm³/mol. The Bertz CT molecular complexity index is 899. The maximum atomic E-state index is 13.2. The van der Waals surface area contributed by atoms with Crippen LogP contribution in [0.2, 0.25) is 5.02 Å². The molecule has 0 aromatic heterocycles. The van der Waals surface area contributed by atoms with Crippen LogP contribution in [0.4, 0.5) is 0 Å². The highest BCUT2D eigenvalue weighted by Crippen LogP contribution is 2.20. The largest absolute Gasteiger partial charge is 0.497 e. The third kappa shape index (κ3) is 7.97. The van der Waals surface area contributed by atoms with E-state index in [1.807, 2.05) is 55.5 Å². The van der Waals surface area contributed by atoms with E-state index in [2.05, 4.69) is 5.32 Å². The van der Waals surface area contributed by atoms with E-state index in [1.54, 1.807) is 23.8 Å². The summed E-state index contributed by atoms with van der Waals surface area (Å²) in [4.78, 5) is 27.9. The lowest BCUT2D eigenvalue weighted by Gasteiger charge is -2.31. The van der Waals surface area contributed by atoms with E-state index in [1.165, 1.54) is 6.42 Å². The van der Waals surface area contributed by atoms with Gasteiger partial charge in [0, 0.05) is 23.4 Å². The molecule has 5 nitrogen and oxygen atoms in total. The lowest BCUT2D eigenvalue weighted by Crippen LogP contribution is -2.50. The molecule has 1 aliphatic rings. The van der Waals surface area contributed by atoms with E-state index in [0.717, 1.165) is 42.6 Å². The number of rotatable bonds is 10. The van der Waals surface area contributed by atoms with E-state index >= 15 is 0 Å². The van der Waals surface area contributed by atoms with Crippen LogP contribution in [0, 0.1) is 0 Å². The van der Waals surface area contributed by atoms with Crippen molar-refractivity contribution >= 4 is 35.2 Å². The minimum absolute atomic E-state index is 0.0465. The molecule has 0 spiro atoms. The Balaban J connectivity index is 1.63. The molecule has 7 heteroatoms. The molecular formula is C26H33ClN2O3S. The summed E-state index contributed by atoms with van der Waals surface area (Å²) in [5.41, 5.74) is 2.08. The van der Waals surface area contributed by atoms with Gasteiger partial charge in [-0.15, -0.1) is 11.8 Å². The van der Waals surface area contributed by atoms with E-state index in [4.69, 9.17) is 16.3 Å². The molecule has 0 saturated heterocycles. The first-order chi connectivity index (χ1) is 16.0. The van der Waals surface area contributed by atoms with Crippen LogP contribution in [-0.2, 0) is 21.9 Å². The Morgan fingerprint density at radius 3 is 2.33 bits per heavy atom. The molecule has 3 rings (SSSR count). The van der Waals surface area contributed by atoms with Crippen molar-refractivity contribution in [1.82, 2.24) is 10.2 Å². The predicted octanol–water partition coefficient (Wildman–Crippen LogP) is 5.45. The van der Waals surface area contributed by atoms with Crippen molar-refractivity contribution in [3.63, 3.8) is 0 Å². The first-order valence-electron chi connectivity index (χ1n) is 11.5. The lowest BCUT2D eigenvalue weighted by molar-refractivity contribution is -0.139. The average Bonchev–Trinajstić information content (AvgIpc) is 2.84. The number of hydrogen-bond acceptors (Lipinski definition) is 4. The molecule has 1 unspecified atom stereocenters. The van der Waals surface area contributed by atoms with Crippen molar-refractivity contribution in [2.75, 3.05) is 12.9 Å². The SMILES string of the molecule is COc1ccc(CSCC(=O)N(Cc2ccc(Cl)cc2)C(C)C(=O)NC2CCCCC2)cc1. The first-order valence-corrected chi connectivity index (χ1v) is 13.0. The number of methoxy groups -OCH3 is 1. The zero-order chi connectivity index (χ0) is 23.6. The maximum absolute atomic E-state index is 13.2. The van der Waals surface area contributed by atoms with Crippen LogP contribution in [0.15, 0.2) is 48.5 Å². The van der Waals surface area contributed by atoms with Gasteiger partial charge in [0.05, 0.1) is 12.9 Å². The minimum atomic E-state index is -0.545. The van der Waals surface area contributed by atoms with Gasteiger partial charge in [0.15, 0.2) is 0 Å². The number of ether oxygens (including phenoxy) is 1. The van der Waals surface area contributed by atoms with E-state index in [0.29, 0.717) is 23.1 Å². The number of carbonyl (C=O) groups excluding carboxylic acids is 2. The molecule has 2 aromatic carbocycles. The van der Waals surface area contributed by atoms with E-state index in [-0.39, 0.29) is 17.9 Å². The van der Waals surface area contributed by atoms with Crippen LogP contribution in [0.5, 0.6) is 5.75 Å². The summed E-state index contributed by atoms with van der Waals surface area (Å²) in [6.07, 6.45) is 5.56. The van der Waals surface area contributed by atoms with Gasteiger partial charge in [0.1, 0.15) is 11.8 Å². The quantitative estimate of drug-likeness (QED) is 0.483. The van der Waals surface area contributed by atoms with Crippen LogP contribution in [0.3, 0.4) is 0 Å². The molecule has 1 aliphatic carbocycles. The minimum Gasteiger partial charge on any atom is -0.497 e. The van der Waals surface area contributed by atoms with Crippen LogP contribution < -0.4 is 10.1 Å². The van der Waals surface area contributed by atoms with Crippen molar-refractivity contribution in [2.45, 2.75) is 63.4 Å². The van der Waals surface area contributed by atoms with Crippen LogP contribution >= 0.6 is 23.4 Å². The van der Waals surface area contributed by atoms with Crippen LogP contribution in [0.25, 0.3) is 0 Å². The summed E-state index contributed by atoms with van der Waals surface area (Å²) in [5, 5.41) is 3.82. The molecule has 1 fully saturated rings. The number of benzene rings is 2. The second kappa shape index (κ2) is 12.9. The van der Waals surface area contributed by atoms with Gasteiger partial charge in [-0.1, -0.05) is 55.1 Å². The molecule has 1 saturated carbocycles. The highest BCUT2D eigenvalue weighted by Gasteiger charge is 2.28. The normalized spacial score (nSPS) is 15.0. The van der Waals surface area contributed by atoms with E-state index < -0.39 is 6.04 Å². The van der Waals surface area contributed by atoms with Crippen LogP contribution in [0.1, 0.15) is 50.2 Å². The van der Waals surface area contributed by atoms with Crippen molar-refractivity contribution in [3.05, 3.63) is 64.7 Å². The highest BCUT2D eigenvalue weighted by atomic mass is 35.5. The summed E-state index contributed by atoms with van der Waals surface area (Å²) in [6.45, 7) is 2.19. The molecule has 1 N–H and O–H groups in total. The van der Waals surface area contributed by atoms with Gasteiger partial charge in [-0.2, -0.15) is 0 Å². The third-order valence-electron chi connectivity index (χ3n) is 6.04. The van der Waals surface area contributed by atoms with Gasteiger partial charge in [0.25, 0.3) is 0 Å². The van der Waals surface area contributed by atoms with Gasteiger partial charge in [-0.25, -0.2) is 0 Å². The summed E-state index contributed by atoms with van der Waals surface area (Å²) in [5.74, 6) is 1.71.